The number of hydrogen-bond donors (Lipinski definition) is 0. The molecule has 5 heterocycles. The normalized spacial score (nSPS) is 32.6. The number of nitrogens with zero attached hydrogens (tertiary/aromatic N) is 4. The summed E-state index contributed by atoms with van der Waals surface area (Å²) >= 11 is 0. The van der Waals surface area contributed by atoms with Gasteiger partial charge in [0.2, 0.25) is 0 Å². The van der Waals surface area contributed by atoms with Crippen LogP contribution in [0.2, 0.25) is 0 Å². The molecule has 0 unspecified atom stereocenters. The van der Waals surface area contributed by atoms with Crippen LogP contribution in [0, 0.1) is 12.8 Å². The van der Waals surface area contributed by atoms with Crippen LogP contribution >= 0.6 is 0 Å². The topological polar surface area (TPSA) is 33.5 Å². The number of hydrogen-bond acceptors (Lipinski definition) is 4. The molecule has 4 aliphatic heterocycles. The second-order valence-corrected chi connectivity index (χ2v) is 8.55. The molecule has 3 atom stereocenters. The summed E-state index contributed by atoms with van der Waals surface area (Å²) in [6, 6.07) is 10.1. The molecule has 0 aliphatic carbocycles. The summed E-state index contributed by atoms with van der Waals surface area (Å²) in [4.78, 5) is 5.53. The van der Waals surface area contributed by atoms with Crippen LogP contribution in [-0.4, -0.2) is 58.4 Å². The molecule has 4 fully saturated rings. The maximum atomic E-state index is 5.52. The van der Waals surface area contributed by atoms with Crippen LogP contribution < -0.4 is 4.74 Å². The van der Waals surface area contributed by atoms with E-state index in [2.05, 4.69) is 52.3 Å². The molecule has 6 rings (SSSR count). The maximum absolute atomic E-state index is 5.52. The molecule has 5 heteroatoms. The number of methoxy groups -OCH3 is 1. The number of ether oxygens (including phenoxy) is 1. The van der Waals surface area contributed by atoms with Crippen molar-refractivity contribution < 1.29 is 4.74 Å². The van der Waals surface area contributed by atoms with Crippen LogP contribution in [0.1, 0.15) is 35.6 Å². The molecule has 1 aromatic carbocycles. The van der Waals surface area contributed by atoms with Crippen LogP contribution in [0.4, 0.5) is 0 Å². The molecule has 0 saturated carbocycles. The van der Waals surface area contributed by atoms with Gasteiger partial charge >= 0.3 is 0 Å². The van der Waals surface area contributed by atoms with E-state index in [-0.39, 0.29) is 0 Å². The van der Waals surface area contributed by atoms with E-state index >= 15 is 0 Å². The Labute approximate surface area is 161 Å². The van der Waals surface area contributed by atoms with Crippen molar-refractivity contribution in [3.05, 3.63) is 47.3 Å². The number of benzene rings is 1. The lowest BCUT2D eigenvalue weighted by molar-refractivity contribution is -0.00874. The first-order valence-corrected chi connectivity index (χ1v) is 10.2. The minimum atomic E-state index is 0.560. The third-order valence-electron chi connectivity index (χ3n) is 7.33. The monoisotopic (exact) mass is 366 g/mol. The fourth-order valence-corrected chi connectivity index (χ4v) is 5.81. The van der Waals surface area contributed by atoms with E-state index in [1.165, 1.54) is 42.8 Å². The summed E-state index contributed by atoms with van der Waals surface area (Å²) in [7, 11) is 3.80. The van der Waals surface area contributed by atoms with Crippen molar-refractivity contribution in [2.75, 3.05) is 26.7 Å². The highest BCUT2D eigenvalue weighted by atomic mass is 16.5. The molecule has 4 aliphatic rings. The standard InChI is InChI=1S/C22H30N4O/c1-15-18(12-23-24(15)2)13-26-14-20(17-5-4-6-19(11-17)27-3)22-21(26)16-7-9-25(22)10-8-16/h4-6,11-12,16,20-22H,7-10,13-14H2,1-3H3/t20-,21+,22+/m1/s1. The second-order valence-electron chi connectivity index (χ2n) is 8.55. The fourth-order valence-electron chi connectivity index (χ4n) is 5.81. The first kappa shape index (κ1) is 17.3. The van der Waals surface area contributed by atoms with Crippen molar-refractivity contribution >= 4 is 0 Å². The van der Waals surface area contributed by atoms with Crippen LogP contribution in [0.15, 0.2) is 30.5 Å². The Balaban J connectivity index is 1.48. The molecule has 0 spiro atoms. The Hall–Kier alpha value is -1.85. The van der Waals surface area contributed by atoms with Crippen LogP contribution in [0.3, 0.4) is 0 Å². The molecule has 2 bridgehead atoms. The Morgan fingerprint density at radius 3 is 2.70 bits per heavy atom. The highest BCUT2D eigenvalue weighted by Gasteiger charge is 2.53. The number of fused-ring (bicyclic) bond motifs is 2. The maximum Gasteiger partial charge on any atom is 0.119 e. The lowest BCUT2D eigenvalue weighted by Crippen LogP contribution is -2.59. The molecule has 0 radical (unpaired) electrons. The molecule has 5 nitrogen and oxygen atoms in total. The van der Waals surface area contributed by atoms with Crippen LogP contribution in [0.5, 0.6) is 5.75 Å². The molecule has 27 heavy (non-hydrogen) atoms. The SMILES string of the molecule is COc1cccc([C@H]2CN(Cc3cnn(C)c3C)[C@H]3C4CCN(CC4)[C@@H]23)c1. The zero-order chi connectivity index (χ0) is 18.5. The van der Waals surface area contributed by atoms with E-state index in [0.717, 1.165) is 24.8 Å². The number of rotatable bonds is 4. The predicted octanol–water partition coefficient (Wildman–Crippen LogP) is 2.80. The van der Waals surface area contributed by atoms with E-state index in [1.54, 1.807) is 7.11 Å². The quantitative estimate of drug-likeness (QED) is 0.833. The molecule has 4 saturated heterocycles. The Morgan fingerprint density at radius 2 is 2.00 bits per heavy atom. The van der Waals surface area contributed by atoms with E-state index in [0.29, 0.717) is 18.0 Å². The van der Waals surface area contributed by atoms with Crippen LogP contribution in [0.25, 0.3) is 0 Å². The highest BCUT2D eigenvalue weighted by molar-refractivity contribution is 5.34. The van der Waals surface area contributed by atoms with E-state index in [1.807, 2.05) is 11.7 Å². The van der Waals surface area contributed by atoms with Crippen molar-refractivity contribution in [3.8, 4) is 5.75 Å². The van der Waals surface area contributed by atoms with Crippen molar-refractivity contribution in [1.82, 2.24) is 19.6 Å². The second kappa shape index (κ2) is 6.64. The summed E-state index contributed by atoms with van der Waals surface area (Å²) in [5, 5.41) is 4.47. The first-order valence-electron chi connectivity index (χ1n) is 10.2. The summed E-state index contributed by atoms with van der Waals surface area (Å²) in [5.41, 5.74) is 4.10. The van der Waals surface area contributed by atoms with Crippen molar-refractivity contribution in [2.24, 2.45) is 13.0 Å². The third-order valence-corrected chi connectivity index (χ3v) is 7.33. The summed E-state index contributed by atoms with van der Waals surface area (Å²) < 4.78 is 7.51. The van der Waals surface area contributed by atoms with Gasteiger partial charge in [0.1, 0.15) is 5.75 Å². The van der Waals surface area contributed by atoms with Gasteiger partial charge in [-0.3, -0.25) is 14.5 Å². The van der Waals surface area contributed by atoms with Crippen molar-refractivity contribution in [2.45, 2.75) is 44.3 Å². The molecule has 2 aromatic rings. The third kappa shape index (κ3) is 2.79. The Bertz CT molecular complexity index is 823. The van der Waals surface area contributed by atoms with Gasteiger partial charge in [-0.05, 0) is 56.5 Å². The van der Waals surface area contributed by atoms with Crippen LogP contribution in [-0.2, 0) is 13.6 Å². The number of aromatic nitrogens is 2. The number of likely N-dealkylation sites (tertiary alicyclic amines) is 1. The summed E-state index contributed by atoms with van der Waals surface area (Å²) in [6.07, 6.45) is 4.77. The predicted molar refractivity (Wildman–Crippen MR) is 106 cm³/mol. The van der Waals surface area contributed by atoms with E-state index < -0.39 is 0 Å². The molecule has 1 aromatic heterocycles. The van der Waals surface area contributed by atoms with Gasteiger partial charge in [0.15, 0.2) is 0 Å². The first-order chi connectivity index (χ1) is 13.2. The zero-order valence-corrected chi connectivity index (χ0v) is 16.6. The fraction of sp³-hybridized carbons (Fsp3) is 0.591. The Morgan fingerprint density at radius 1 is 1.19 bits per heavy atom. The van der Waals surface area contributed by atoms with Gasteiger partial charge in [-0.25, -0.2) is 0 Å². The van der Waals surface area contributed by atoms with Gasteiger partial charge in [-0.1, -0.05) is 12.1 Å². The molecule has 0 N–H and O–H groups in total. The number of piperidine rings is 3. The number of aryl methyl sites for hydroxylation is 1. The lowest BCUT2D eigenvalue weighted by atomic mass is 9.75. The van der Waals surface area contributed by atoms with Crippen molar-refractivity contribution in [3.63, 3.8) is 0 Å². The Kier molecular flexibility index (Phi) is 4.25. The molecule has 0 amide bonds. The summed E-state index contributed by atoms with van der Waals surface area (Å²) in [6.45, 7) is 6.87. The lowest BCUT2D eigenvalue weighted by Gasteiger charge is -2.51. The average Bonchev–Trinajstić information content (AvgIpc) is 3.26. The van der Waals surface area contributed by atoms with Gasteiger partial charge in [-0.2, -0.15) is 5.10 Å². The van der Waals surface area contributed by atoms with E-state index in [9.17, 15) is 0 Å². The minimum Gasteiger partial charge on any atom is -0.497 e. The minimum absolute atomic E-state index is 0.560. The van der Waals surface area contributed by atoms with Gasteiger partial charge in [-0.15, -0.1) is 0 Å². The smallest absolute Gasteiger partial charge is 0.119 e. The van der Waals surface area contributed by atoms with Gasteiger partial charge in [0.25, 0.3) is 0 Å². The average molecular weight is 367 g/mol. The molecule has 144 valence electrons. The molecular formula is C22H30N4O. The van der Waals surface area contributed by atoms with E-state index in [4.69, 9.17) is 4.74 Å². The van der Waals surface area contributed by atoms with Gasteiger partial charge in [0, 0.05) is 49.4 Å². The summed E-state index contributed by atoms with van der Waals surface area (Å²) in [5.74, 6) is 2.37. The molecular weight excluding hydrogens is 336 g/mol. The highest BCUT2D eigenvalue weighted by Crippen LogP contribution is 2.47. The van der Waals surface area contributed by atoms with Gasteiger partial charge < -0.3 is 4.74 Å². The largest absolute Gasteiger partial charge is 0.497 e. The van der Waals surface area contributed by atoms with Crippen molar-refractivity contribution in [1.29, 1.82) is 0 Å². The van der Waals surface area contributed by atoms with Gasteiger partial charge in [0.05, 0.1) is 13.3 Å². The zero-order valence-electron chi connectivity index (χ0n) is 16.6.